The SMILES string of the molecule is CCCCN1C(=O)/C(=c2/sc3n(c2=O)[C@H](c2cccs2)C(C(=O)OCC)=C(c2ccccc2)N=3)c2ccccc21. The topological polar surface area (TPSA) is 81.0 Å². The molecule has 0 unspecified atom stereocenters. The van der Waals surface area contributed by atoms with Gasteiger partial charge < -0.3 is 9.64 Å². The zero-order valence-electron chi connectivity index (χ0n) is 22.1. The average molecular weight is 570 g/mol. The maximum absolute atomic E-state index is 14.3. The summed E-state index contributed by atoms with van der Waals surface area (Å²) >= 11 is 2.65. The van der Waals surface area contributed by atoms with Crippen LogP contribution in [0, 0.1) is 0 Å². The molecule has 2 aromatic carbocycles. The van der Waals surface area contributed by atoms with Gasteiger partial charge in [0.1, 0.15) is 10.6 Å². The molecule has 0 saturated heterocycles. The van der Waals surface area contributed by atoms with Gasteiger partial charge in [-0.1, -0.05) is 79.3 Å². The van der Waals surface area contributed by atoms with Crippen molar-refractivity contribution in [3.05, 3.63) is 113 Å². The number of hydrogen-bond acceptors (Lipinski definition) is 7. The van der Waals surface area contributed by atoms with E-state index in [2.05, 4.69) is 6.92 Å². The Labute approximate surface area is 239 Å². The Balaban J connectivity index is 1.67. The smallest absolute Gasteiger partial charge is 0.338 e. The van der Waals surface area contributed by atoms with Crippen LogP contribution in [0.25, 0.3) is 11.3 Å². The molecule has 4 aromatic rings. The fraction of sp³-hybridized carbons (Fsp3) is 0.226. The molecule has 9 heteroatoms. The number of unbranched alkanes of at least 4 members (excludes halogenated alkanes) is 1. The third kappa shape index (κ3) is 4.26. The lowest BCUT2D eigenvalue weighted by atomic mass is 9.97. The van der Waals surface area contributed by atoms with Gasteiger partial charge in [-0.3, -0.25) is 14.2 Å². The Morgan fingerprint density at radius 2 is 1.77 bits per heavy atom. The van der Waals surface area contributed by atoms with Crippen LogP contribution in [0.1, 0.15) is 48.7 Å². The zero-order valence-corrected chi connectivity index (χ0v) is 23.8. The van der Waals surface area contributed by atoms with Crippen molar-refractivity contribution in [2.45, 2.75) is 32.7 Å². The number of thiophene rings is 1. The molecular weight excluding hydrogens is 542 g/mol. The quantitative estimate of drug-likeness (QED) is 0.307. The van der Waals surface area contributed by atoms with Gasteiger partial charge in [0.15, 0.2) is 4.80 Å². The van der Waals surface area contributed by atoms with Crippen LogP contribution in [-0.4, -0.2) is 29.6 Å². The van der Waals surface area contributed by atoms with Crippen LogP contribution in [0.3, 0.4) is 0 Å². The predicted molar refractivity (Wildman–Crippen MR) is 158 cm³/mol. The van der Waals surface area contributed by atoms with Gasteiger partial charge in [0.25, 0.3) is 11.5 Å². The number of thiazole rings is 1. The first-order chi connectivity index (χ1) is 19.5. The number of amides is 1. The van der Waals surface area contributed by atoms with Crippen LogP contribution in [0.15, 0.2) is 87.5 Å². The Morgan fingerprint density at radius 3 is 2.50 bits per heavy atom. The second-order valence-corrected chi connectivity index (χ2v) is 11.4. The molecule has 0 bridgehead atoms. The molecule has 0 saturated carbocycles. The van der Waals surface area contributed by atoms with Crippen molar-refractivity contribution in [1.29, 1.82) is 0 Å². The minimum absolute atomic E-state index is 0.180. The summed E-state index contributed by atoms with van der Waals surface area (Å²) in [7, 11) is 0. The van der Waals surface area contributed by atoms with Crippen molar-refractivity contribution in [1.82, 2.24) is 4.57 Å². The number of rotatable bonds is 7. The van der Waals surface area contributed by atoms with Crippen molar-refractivity contribution >= 4 is 51.5 Å². The van der Waals surface area contributed by atoms with Crippen LogP contribution < -0.4 is 19.8 Å². The number of benzene rings is 2. The molecular formula is C31H27N3O4S2. The van der Waals surface area contributed by atoms with Crippen LogP contribution >= 0.6 is 22.7 Å². The van der Waals surface area contributed by atoms with Crippen molar-refractivity contribution in [2.75, 3.05) is 18.1 Å². The fourth-order valence-corrected chi connectivity index (χ4v) is 7.16. The number of carbonyl (C=O) groups excluding carboxylic acids is 2. The number of ether oxygens (including phenoxy) is 1. The second-order valence-electron chi connectivity index (χ2n) is 9.47. The van der Waals surface area contributed by atoms with Crippen molar-refractivity contribution < 1.29 is 14.3 Å². The van der Waals surface area contributed by atoms with Crippen LogP contribution in [-0.2, 0) is 14.3 Å². The fourth-order valence-electron chi connectivity index (χ4n) is 5.24. The van der Waals surface area contributed by atoms with E-state index in [-0.39, 0.29) is 18.1 Å². The molecule has 0 fully saturated rings. The van der Waals surface area contributed by atoms with E-state index in [0.717, 1.165) is 34.5 Å². The lowest BCUT2D eigenvalue weighted by Crippen LogP contribution is -2.40. The molecule has 6 rings (SSSR count). The second kappa shape index (κ2) is 10.8. The van der Waals surface area contributed by atoms with E-state index in [1.807, 2.05) is 72.1 Å². The van der Waals surface area contributed by atoms with Crippen molar-refractivity contribution in [3.63, 3.8) is 0 Å². The Morgan fingerprint density at radius 1 is 1.00 bits per heavy atom. The van der Waals surface area contributed by atoms with Gasteiger partial charge in [-0.15, -0.1) is 11.3 Å². The van der Waals surface area contributed by atoms with Crippen LogP contribution in [0.4, 0.5) is 5.69 Å². The highest BCUT2D eigenvalue weighted by molar-refractivity contribution is 7.10. The number of para-hydroxylation sites is 1. The van der Waals surface area contributed by atoms with Gasteiger partial charge in [-0.2, -0.15) is 0 Å². The molecule has 2 aromatic heterocycles. The summed E-state index contributed by atoms with van der Waals surface area (Å²) in [5.41, 5.74) is 3.14. The summed E-state index contributed by atoms with van der Waals surface area (Å²) in [5, 5.41) is 1.92. The standard InChI is InChI=1S/C31H27N3O4S2/c1-3-5-17-33-21-15-10-9-14-20(21)23(28(33)35)27-29(36)34-26(22-16-11-18-39-22)24(30(37)38-4-2)25(32-31(34)40-27)19-12-7-6-8-13-19/h6-16,18,26H,3-5,17H2,1-2H3/b27-23+/t26-/m1/s1. The first-order valence-corrected chi connectivity index (χ1v) is 15.0. The number of anilines is 1. The average Bonchev–Trinajstić information content (AvgIpc) is 3.68. The highest BCUT2D eigenvalue weighted by Crippen LogP contribution is 2.38. The van der Waals surface area contributed by atoms with Crippen molar-refractivity contribution in [3.8, 4) is 0 Å². The summed E-state index contributed by atoms with van der Waals surface area (Å²) in [4.78, 5) is 49.6. The van der Waals surface area contributed by atoms with Gasteiger partial charge in [0.2, 0.25) is 0 Å². The minimum atomic E-state index is -0.734. The van der Waals surface area contributed by atoms with E-state index in [0.29, 0.717) is 32.7 Å². The van der Waals surface area contributed by atoms with Gasteiger partial charge in [-0.05, 0) is 30.9 Å². The van der Waals surface area contributed by atoms with Gasteiger partial charge >= 0.3 is 5.97 Å². The van der Waals surface area contributed by atoms with E-state index in [4.69, 9.17) is 9.73 Å². The molecule has 1 atom stereocenters. The first-order valence-electron chi connectivity index (χ1n) is 13.3. The van der Waals surface area contributed by atoms with E-state index < -0.39 is 12.0 Å². The number of hydrogen-bond donors (Lipinski definition) is 0. The summed E-state index contributed by atoms with van der Waals surface area (Å²) < 4.78 is 7.39. The molecule has 0 N–H and O–H groups in total. The molecule has 7 nitrogen and oxygen atoms in total. The van der Waals surface area contributed by atoms with E-state index >= 15 is 0 Å². The Kier molecular flexibility index (Phi) is 7.08. The van der Waals surface area contributed by atoms with E-state index in [9.17, 15) is 14.4 Å². The number of aromatic nitrogens is 1. The molecule has 1 amide bonds. The Bertz CT molecular complexity index is 1820. The molecule has 0 radical (unpaired) electrons. The molecule has 2 aliphatic heterocycles. The summed E-state index contributed by atoms with van der Waals surface area (Å²) in [6.45, 7) is 4.61. The normalized spacial score (nSPS) is 17.5. The van der Waals surface area contributed by atoms with Crippen molar-refractivity contribution in [2.24, 2.45) is 4.99 Å². The number of nitrogens with zero attached hydrogens (tertiary/aromatic N) is 3. The molecule has 0 aliphatic carbocycles. The van der Waals surface area contributed by atoms with Gasteiger partial charge in [0, 0.05) is 22.5 Å². The first kappa shape index (κ1) is 26.2. The third-order valence-electron chi connectivity index (χ3n) is 7.05. The number of carbonyl (C=O) groups is 2. The van der Waals surface area contributed by atoms with Crippen LogP contribution in [0.2, 0.25) is 0 Å². The maximum Gasteiger partial charge on any atom is 0.338 e. The summed E-state index contributed by atoms with van der Waals surface area (Å²) in [6.07, 6.45) is 1.81. The lowest BCUT2D eigenvalue weighted by molar-refractivity contribution is -0.138. The molecule has 0 spiro atoms. The zero-order chi connectivity index (χ0) is 27.8. The monoisotopic (exact) mass is 569 g/mol. The highest BCUT2D eigenvalue weighted by atomic mass is 32.1. The number of fused-ring (bicyclic) bond motifs is 2. The summed E-state index contributed by atoms with van der Waals surface area (Å²) in [5.74, 6) is -0.699. The van der Waals surface area contributed by atoms with E-state index in [1.54, 1.807) is 16.4 Å². The summed E-state index contributed by atoms with van der Waals surface area (Å²) in [6, 6.07) is 20.1. The van der Waals surface area contributed by atoms with E-state index in [1.165, 1.54) is 22.7 Å². The van der Waals surface area contributed by atoms with Crippen LogP contribution in [0.5, 0.6) is 0 Å². The maximum atomic E-state index is 14.3. The highest BCUT2D eigenvalue weighted by Gasteiger charge is 2.38. The molecule has 40 heavy (non-hydrogen) atoms. The van der Waals surface area contributed by atoms with Gasteiger partial charge in [0.05, 0.1) is 29.1 Å². The minimum Gasteiger partial charge on any atom is -0.463 e. The third-order valence-corrected chi connectivity index (χ3v) is 9.03. The van der Waals surface area contributed by atoms with Gasteiger partial charge in [-0.25, -0.2) is 9.79 Å². The molecule has 2 aliphatic rings. The molecule has 202 valence electrons. The largest absolute Gasteiger partial charge is 0.463 e. The lowest BCUT2D eigenvalue weighted by Gasteiger charge is -2.24. The molecule has 4 heterocycles. The predicted octanol–water partition coefficient (Wildman–Crippen LogP) is 4.51. The Hall–Kier alpha value is -4.08. The number of esters is 1.